The smallest absolute Gasteiger partial charge is 0.221 e. The molecule has 100 valence electrons. The number of benzene rings is 1. The molecule has 0 radical (unpaired) electrons. The van der Waals surface area contributed by atoms with Crippen LogP contribution in [0.1, 0.15) is 38.3 Å². The monoisotopic (exact) mass is 252 g/mol. The summed E-state index contributed by atoms with van der Waals surface area (Å²) in [5, 5.41) is 5.95. The molecular formula is C14H21FN2O. The van der Waals surface area contributed by atoms with Gasteiger partial charge in [0.25, 0.3) is 0 Å². The van der Waals surface area contributed by atoms with Crippen molar-refractivity contribution in [3.05, 3.63) is 35.6 Å². The van der Waals surface area contributed by atoms with Crippen molar-refractivity contribution >= 4 is 5.91 Å². The summed E-state index contributed by atoms with van der Waals surface area (Å²) < 4.78 is 13.6. The third-order valence-corrected chi connectivity index (χ3v) is 2.81. The summed E-state index contributed by atoms with van der Waals surface area (Å²) >= 11 is 0. The fourth-order valence-electron chi connectivity index (χ4n) is 1.88. The predicted molar refractivity (Wildman–Crippen MR) is 70.7 cm³/mol. The number of nitrogens with one attached hydrogen (secondary N) is 2. The summed E-state index contributed by atoms with van der Waals surface area (Å²) in [6, 6.07) is 6.71. The van der Waals surface area contributed by atoms with E-state index in [-0.39, 0.29) is 17.8 Å². The second-order valence-corrected chi connectivity index (χ2v) is 4.14. The average molecular weight is 252 g/mol. The van der Waals surface area contributed by atoms with Gasteiger partial charge in [-0.15, -0.1) is 0 Å². The number of halogens is 1. The van der Waals surface area contributed by atoms with Gasteiger partial charge in [0.15, 0.2) is 0 Å². The first kappa shape index (κ1) is 14.6. The van der Waals surface area contributed by atoms with Crippen LogP contribution in [0.5, 0.6) is 0 Å². The first-order chi connectivity index (χ1) is 8.69. The third kappa shape index (κ3) is 4.45. The van der Waals surface area contributed by atoms with Crippen LogP contribution in [0.15, 0.2) is 24.3 Å². The van der Waals surface area contributed by atoms with Crippen LogP contribution < -0.4 is 10.6 Å². The molecule has 0 saturated carbocycles. The van der Waals surface area contributed by atoms with Gasteiger partial charge in [-0.1, -0.05) is 25.1 Å². The Labute approximate surface area is 108 Å². The quantitative estimate of drug-likeness (QED) is 0.782. The van der Waals surface area contributed by atoms with Crippen molar-refractivity contribution in [1.29, 1.82) is 0 Å². The van der Waals surface area contributed by atoms with E-state index < -0.39 is 0 Å². The van der Waals surface area contributed by atoms with Crippen molar-refractivity contribution in [1.82, 2.24) is 10.6 Å². The van der Waals surface area contributed by atoms with Crippen molar-refractivity contribution in [2.75, 3.05) is 13.1 Å². The molecule has 18 heavy (non-hydrogen) atoms. The van der Waals surface area contributed by atoms with E-state index in [2.05, 4.69) is 10.6 Å². The minimum atomic E-state index is -0.199. The molecule has 1 aromatic carbocycles. The fraction of sp³-hybridized carbons (Fsp3) is 0.500. The Morgan fingerprint density at radius 3 is 2.67 bits per heavy atom. The SMILES string of the molecule is CCNC(=O)CCNC(CC)c1ccccc1F. The molecule has 0 aromatic heterocycles. The molecule has 1 aromatic rings. The summed E-state index contributed by atoms with van der Waals surface area (Å²) in [7, 11) is 0. The van der Waals surface area contributed by atoms with Crippen LogP contribution in [0.3, 0.4) is 0 Å². The van der Waals surface area contributed by atoms with Gasteiger partial charge < -0.3 is 10.6 Å². The van der Waals surface area contributed by atoms with Crippen LogP contribution in [0.2, 0.25) is 0 Å². The van der Waals surface area contributed by atoms with Crippen molar-refractivity contribution in [2.24, 2.45) is 0 Å². The zero-order valence-corrected chi connectivity index (χ0v) is 11.0. The minimum absolute atomic E-state index is 0.0217. The van der Waals surface area contributed by atoms with Gasteiger partial charge >= 0.3 is 0 Å². The fourth-order valence-corrected chi connectivity index (χ4v) is 1.88. The molecule has 0 aliphatic heterocycles. The zero-order valence-electron chi connectivity index (χ0n) is 11.0. The molecule has 0 saturated heterocycles. The highest BCUT2D eigenvalue weighted by Gasteiger charge is 2.12. The average Bonchev–Trinajstić information content (AvgIpc) is 2.36. The van der Waals surface area contributed by atoms with Crippen LogP contribution in [0.25, 0.3) is 0 Å². The lowest BCUT2D eigenvalue weighted by Crippen LogP contribution is -2.29. The first-order valence-electron chi connectivity index (χ1n) is 6.43. The molecule has 1 unspecified atom stereocenters. The van der Waals surface area contributed by atoms with E-state index in [1.165, 1.54) is 6.07 Å². The molecule has 2 N–H and O–H groups in total. The lowest BCUT2D eigenvalue weighted by Gasteiger charge is -2.17. The highest BCUT2D eigenvalue weighted by atomic mass is 19.1. The predicted octanol–water partition coefficient (Wildman–Crippen LogP) is 2.39. The molecule has 0 aliphatic rings. The Morgan fingerprint density at radius 2 is 2.06 bits per heavy atom. The molecule has 0 heterocycles. The van der Waals surface area contributed by atoms with Gasteiger partial charge in [-0.3, -0.25) is 4.79 Å². The van der Waals surface area contributed by atoms with Gasteiger partial charge in [0, 0.05) is 31.1 Å². The minimum Gasteiger partial charge on any atom is -0.356 e. The number of carbonyl (C=O) groups excluding carboxylic acids is 1. The van der Waals surface area contributed by atoms with E-state index in [1.54, 1.807) is 12.1 Å². The Morgan fingerprint density at radius 1 is 1.33 bits per heavy atom. The molecule has 1 amide bonds. The Bertz CT molecular complexity index is 382. The molecule has 0 bridgehead atoms. The lowest BCUT2D eigenvalue weighted by molar-refractivity contribution is -0.120. The van der Waals surface area contributed by atoms with Gasteiger partial charge in [0.05, 0.1) is 0 Å². The molecule has 0 aliphatic carbocycles. The van der Waals surface area contributed by atoms with Gasteiger partial charge in [-0.05, 0) is 19.4 Å². The van der Waals surface area contributed by atoms with Gasteiger partial charge in [-0.2, -0.15) is 0 Å². The van der Waals surface area contributed by atoms with Crippen molar-refractivity contribution in [3.8, 4) is 0 Å². The van der Waals surface area contributed by atoms with Gasteiger partial charge in [0.1, 0.15) is 5.82 Å². The Kier molecular flexibility index (Phi) is 6.36. The van der Waals surface area contributed by atoms with Crippen molar-refractivity contribution in [3.63, 3.8) is 0 Å². The van der Waals surface area contributed by atoms with E-state index in [1.807, 2.05) is 19.9 Å². The maximum absolute atomic E-state index is 13.6. The van der Waals surface area contributed by atoms with E-state index >= 15 is 0 Å². The summed E-state index contributed by atoms with van der Waals surface area (Å²) in [5.41, 5.74) is 0.663. The molecular weight excluding hydrogens is 231 g/mol. The topological polar surface area (TPSA) is 41.1 Å². The first-order valence-corrected chi connectivity index (χ1v) is 6.43. The van der Waals surface area contributed by atoms with Crippen LogP contribution in [-0.4, -0.2) is 19.0 Å². The lowest BCUT2D eigenvalue weighted by atomic mass is 10.0. The van der Waals surface area contributed by atoms with E-state index in [9.17, 15) is 9.18 Å². The zero-order chi connectivity index (χ0) is 13.4. The van der Waals surface area contributed by atoms with Gasteiger partial charge in [-0.25, -0.2) is 4.39 Å². The third-order valence-electron chi connectivity index (χ3n) is 2.81. The number of hydrogen-bond donors (Lipinski definition) is 2. The summed E-state index contributed by atoms with van der Waals surface area (Å²) in [5.74, 6) is -0.178. The maximum Gasteiger partial charge on any atom is 0.221 e. The second-order valence-electron chi connectivity index (χ2n) is 4.14. The number of amides is 1. The largest absolute Gasteiger partial charge is 0.356 e. The van der Waals surface area contributed by atoms with Crippen molar-refractivity contribution < 1.29 is 9.18 Å². The second kappa shape index (κ2) is 7.82. The van der Waals surface area contributed by atoms with E-state index in [0.717, 1.165) is 6.42 Å². The van der Waals surface area contributed by atoms with Gasteiger partial charge in [0.2, 0.25) is 5.91 Å². The Balaban J connectivity index is 2.48. The van der Waals surface area contributed by atoms with Crippen LogP contribution in [-0.2, 0) is 4.79 Å². The van der Waals surface area contributed by atoms with Crippen molar-refractivity contribution in [2.45, 2.75) is 32.7 Å². The summed E-state index contributed by atoms with van der Waals surface area (Å²) in [4.78, 5) is 11.3. The molecule has 1 atom stereocenters. The standard InChI is InChI=1S/C14H21FN2O/c1-3-13(11-7-5-6-8-12(11)15)17-10-9-14(18)16-4-2/h5-8,13,17H,3-4,9-10H2,1-2H3,(H,16,18). The Hall–Kier alpha value is -1.42. The molecule has 1 rings (SSSR count). The number of rotatable bonds is 7. The summed E-state index contributed by atoms with van der Waals surface area (Å²) in [6.45, 7) is 5.08. The normalized spacial score (nSPS) is 12.2. The molecule has 3 nitrogen and oxygen atoms in total. The maximum atomic E-state index is 13.6. The van der Waals surface area contributed by atoms with Crippen LogP contribution in [0, 0.1) is 5.82 Å². The van der Waals surface area contributed by atoms with Crippen LogP contribution in [0.4, 0.5) is 4.39 Å². The molecule has 0 fully saturated rings. The van der Waals surface area contributed by atoms with E-state index in [0.29, 0.717) is 25.1 Å². The molecule has 4 heteroatoms. The highest BCUT2D eigenvalue weighted by Crippen LogP contribution is 2.19. The van der Waals surface area contributed by atoms with E-state index in [4.69, 9.17) is 0 Å². The molecule has 0 spiro atoms. The van der Waals surface area contributed by atoms with Crippen LogP contribution >= 0.6 is 0 Å². The summed E-state index contributed by atoms with van der Waals surface area (Å²) in [6.07, 6.45) is 1.20. The number of carbonyl (C=O) groups is 1. The highest BCUT2D eigenvalue weighted by molar-refractivity contribution is 5.75. The number of hydrogen-bond acceptors (Lipinski definition) is 2.